The number of nitrogens with two attached hydrogens (primary N) is 1. The Hall–Kier alpha value is -1.64. The molecule has 1 unspecified atom stereocenters. The highest BCUT2D eigenvalue weighted by Crippen LogP contribution is 2.15. The van der Waals surface area contributed by atoms with Gasteiger partial charge in [0.15, 0.2) is 0 Å². The molecule has 0 saturated heterocycles. The van der Waals surface area contributed by atoms with Gasteiger partial charge < -0.3 is 16.4 Å². The number of urea groups is 1. The Balaban J connectivity index is 2.38. The van der Waals surface area contributed by atoms with Crippen molar-refractivity contribution in [3.05, 3.63) is 29.8 Å². The van der Waals surface area contributed by atoms with E-state index < -0.39 is 6.03 Å². The molecule has 0 aliphatic carbocycles. The zero-order valence-electron chi connectivity index (χ0n) is 11.0. The minimum Gasteiger partial charge on any atom is -0.351 e. The van der Waals surface area contributed by atoms with Gasteiger partial charge in [0.25, 0.3) is 0 Å². The van der Waals surface area contributed by atoms with Crippen LogP contribution >= 0.6 is 11.8 Å². The molecule has 4 N–H and O–H groups in total. The van der Waals surface area contributed by atoms with Gasteiger partial charge in [0.1, 0.15) is 0 Å². The standard InChI is InChI=1S/C14H19N3OS/c1-3-9-19-10-8-16-11(2)12-4-6-13(7-5-12)17-14(15)18/h1,4-7,11,16H,8-10H2,2H3,(H3,15,17,18). The maximum absolute atomic E-state index is 10.7. The highest BCUT2D eigenvalue weighted by molar-refractivity contribution is 7.99. The van der Waals surface area contributed by atoms with Crippen molar-refractivity contribution >= 4 is 23.5 Å². The van der Waals surface area contributed by atoms with Crippen molar-refractivity contribution in [3.8, 4) is 12.3 Å². The molecule has 1 rings (SSSR count). The van der Waals surface area contributed by atoms with Gasteiger partial charge in [-0.3, -0.25) is 0 Å². The Morgan fingerprint density at radius 3 is 2.74 bits per heavy atom. The number of nitrogens with one attached hydrogen (secondary N) is 2. The first kappa shape index (κ1) is 15.4. The summed E-state index contributed by atoms with van der Waals surface area (Å²) in [6.45, 7) is 3.01. The highest BCUT2D eigenvalue weighted by Gasteiger charge is 2.04. The lowest BCUT2D eigenvalue weighted by atomic mass is 10.1. The van der Waals surface area contributed by atoms with Crippen LogP contribution in [0.5, 0.6) is 0 Å². The smallest absolute Gasteiger partial charge is 0.316 e. The first-order valence-corrected chi connectivity index (χ1v) is 7.20. The molecule has 0 aliphatic heterocycles. The largest absolute Gasteiger partial charge is 0.351 e. The number of primary amides is 1. The SMILES string of the molecule is C#CCSCCNC(C)c1ccc(NC(N)=O)cc1. The molecule has 19 heavy (non-hydrogen) atoms. The molecule has 1 aromatic carbocycles. The number of carbonyl (C=O) groups is 1. The van der Waals surface area contributed by atoms with Crippen molar-refractivity contribution in [1.82, 2.24) is 5.32 Å². The average Bonchev–Trinajstić information content (AvgIpc) is 2.38. The molecular weight excluding hydrogens is 258 g/mol. The number of anilines is 1. The summed E-state index contributed by atoms with van der Waals surface area (Å²) in [6, 6.07) is 7.32. The number of hydrogen-bond donors (Lipinski definition) is 3. The molecule has 0 saturated carbocycles. The zero-order valence-corrected chi connectivity index (χ0v) is 11.8. The number of rotatable bonds is 7. The minimum atomic E-state index is -0.551. The lowest BCUT2D eigenvalue weighted by Gasteiger charge is -2.14. The topological polar surface area (TPSA) is 67.2 Å². The summed E-state index contributed by atoms with van der Waals surface area (Å²) in [5, 5.41) is 5.95. The summed E-state index contributed by atoms with van der Waals surface area (Å²) >= 11 is 1.74. The van der Waals surface area contributed by atoms with E-state index in [9.17, 15) is 4.79 Å². The fourth-order valence-corrected chi connectivity index (χ4v) is 2.12. The molecule has 1 aromatic rings. The summed E-state index contributed by atoms with van der Waals surface area (Å²) < 4.78 is 0. The number of amides is 2. The Labute approximate surface area is 118 Å². The van der Waals surface area contributed by atoms with Crippen LogP contribution in [0.4, 0.5) is 10.5 Å². The van der Waals surface area contributed by atoms with E-state index in [1.807, 2.05) is 24.3 Å². The molecule has 0 spiro atoms. The van der Waals surface area contributed by atoms with Gasteiger partial charge in [-0.15, -0.1) is 18.2 Å². The molecule has 0 radical (unpaired) electrons. The Morgan fingerprint density at radius 1 is 1.47 bits per heavy atom. The van der Waals surface area contributed by atoms with Gasteiger partial charge in [-0.2, -0.15) is 0 Å². The van der Waals surface area contributed by atoms with Gasteiger partial charge in [-0.25, -0.2) is 4.79 Å². The monoisotopic (exact) mass is 277 g/mol. The van der Waals surface area contributed by atoms with Crippen LogP contribution in [0.25, 0.3) is 0 Å². The van der Waals surface area contributed by atoms with Crippen LogP contribution in [0, 0.1) is 12.3 Å². The van der Waals surface area contributed by atoms with Crippen LogP contribution in [0.3, 0.4) is 0 Å². The number of thioether (sulfide) groups is 1. The van der Waals surface area contributed by atoms with Gasteiger partial charge in [-0.05, 0) is 24.6 Å². The van der Waals surface area contributed by atoms with Gasteiger partial charge in [0, 0.05) is 24.0 Å². The molecule has 1 atom stereocenters. The van der Waals surface area contributed by atoms with Crippen molar-refractivity contribution in [3.63, 3.8) is 0 Å². The van der Waals surface area contributed by atoms with E-state index in [0.29, 0.717) is 5.69 Å². The molecule has 0 aromatic heterocycles. The Kier molecular flexibility index (Phi) is 6.86. The van der Waals surface area contributed by atoms with Gasteiger partial charge in [0.05, 0.1) is 5.75 Å². The summed E-state index contributed by atoms with van der Waals surface area (Å²) in [4.78, 5) is 10.7. The summed E-state index contributed by atoms with van der Waals surface area (Å²) in [5.74, 6) is 4.35. The van der Waals surface area contributed by atoms with Gasteiger partial charge >= 0.3 is 6.03 Å². The predicted molar refractivity (Wildman–Crippen MR) is 82.2 cm³/mol. The second-order valence-electron chi connectivity index (χ2n) is 4.04. The van der Waals surface area contributed by atoms with E-state index in [4.69, 9.17) is 12.2 Å². The van der Waals surface area contributed by atoms with Crippen LogP contribution in [0.15, 0.2) is 24.3 Å². The van der Waals surface area contributed by atoms with E-state index in [0.717, 1.165) is 23.6 Å². The van der Waals surface area contributed by atoms with Crippen molar-refractivity contribution in [2.24, 2.45) is 5.73 Å². The van der Waals surface area contributed by atoms with Crippen LogP contribution in [0.2, 0.25) is 0 Å². The second kappa shape index (κ2) is 8.46. The summed E-state index contributed by atoms with van der Waals surface area (Å²) in [7, 11) is 0. The second-order valence-corrected chi connectivity index (χ2v) is 5.15. The van der Waals surface area contributed by atoms with E-state index in [1.165, 1.54) is 0 Å². The third-order valence-electron chi connectivity index (χ3n) is 2.56. The van der Waals surface area contributed by atoms with E-state index in [1.54, 1.807) is 11.8 Å². The predicted octanol–water partition coefficient (Wildman–Crippen LogP) is 2.19. The third-order valence-corrected chi connectivity index (χ3v) is 3.42. The van der Waals surface area contributed by atoms with E-state index in [2.05, 4.69) is 23.5 Å². The molecule has 0 aliphatic rings. The normalized spacial score (nSPS) is 11.6. The quantitative estimate of drug-likeness (QED) is 0.528. The van der Waals surface area contributed by atoms with Crippen LogP contribution in [-0.2, 0) is 0 Å². The third kappa shape index (κ3) is 6.18. The fourth-order valence-electron chi connectivity index (χ4n) is 1.59. The number of carbonyl (C=O) groups excluding carboxylic acids is 1. The molecule has 0 bridgehead atoms. The highest BCUT2D eigenvalue weighted by atomic mass is 32.2. The van der Waals surface area contributed by atoms with E-state index >= 15 is 0 Å². The first-order chi connectivity index (χ1) is 9.13. The van der Waals surface area contributed by atoms with Crippen molar-refractivity contribution in [1.29, 1.82) is 0 Å². The lowest BCUT2D eigenvalue weighted by molar-refractivity contribution is 0.259. The fraction of sp³-hybridized carbons (Fsp3) is 0.357. The van der Waals surface area contributed by atoms with Crippen LogP contribution < -0.4 is 16.4 Å². The lowest BCUT2D eigenvalue weighted by Crippen LogP contribution is -2.22. The zero-order chi connectivity index (χ0) is 14.1. The molecule has 102 valence electrons. The molecule has 0 heterocycles. The van der Waals surface area contributed by atoms with Crippen LogP contribution in [-0.4, -0.2) is 24.1 Å². The maximum atomic E-state index is 10.7. The molecule has 0 fully saturated rings. The molecule has 5 heteroatoms. The average molecular weight is 277 g/mol. The van der Waals surface area contributed by atoms with Crippen molar-refractivity contribution < 1.29 is 4.79 Å². The van der Waals surface area contributed by atoms with Crippen LogP contribution in [0.1, 0.15) is 18.5 Å². The van der Waals surface area contributed by atoms with Gasteiger partial charge in [-0.1, -0.05) is 18.1 Å². The minimum absolute atomic E-state index is 0.258. The summed E-state index contributed by atoms with van der Waals surface area (Å²) in [6.07, 6.45) is 5.18. The Bertz CT molecular complexity index is 439. The Morgan fingerprint density at radius 2 is 2.16 bits per heavy atom. The van der Waals surface area contributed by atoms with E-state index in [-0.39, 0.29) is 6.04 Å². The van der Waals surface area contributed by atoms with Gasteiger partial charge in [0.2, 0.25) is 0 Å². The molecule has 2 amide bonds. The van der Waals surface area contributed by atoms with Crippen molar-refractivity contribution in [2.45, 2.75) is 13.0 Å². The molecule has 4 nitrogen and oxygen atoms in total. The number of terminal acetylenes is 1. The first-order valence-electron chi connectivity index (χ1n) is 6.04. The maximum Gasteiger partial charge on any atom is 0.316 e. The summed E-state index contributed by atoms with van der Waals surface area (Å²) in [5.41, 5.74) is 6.91. The van der Waals surface area contributed by atoms with Crippen molar-refractivity contribution in [2.75, 3.05) is 23.4 Å². The number of benzene rings is 1. The molecular formula is C14H19N3OS. The number of hydrogen-bond acceptors (Lipinski definition) is 3.